The maximum absolute atomic E-state index is 6.05. The Hall–Kier alpha value is -1.06. The first kappa shape index (κ1) is 11.1. The topological polar surface area (TPSA) is 27.1 Å². The number of aryl methyl sites for hydroxylation is 1. The van der Waals surface area contributed by atoms with Crippen molar-refractivity contribution in [3.63, 3.8) is 0 Å². The maximum Gasteiger partial charge on any atom is 0.0781 e. The molecule has 0 N–H and O–H groups in total. The van der Waals surface area contributed by atoms with E-state index in [1.54, 1.807) is 0 Å². The van der Waals surface area contributed by atoms with Crippen LogP contribution in [0.4, 0.5) is 0 Å². The van der Waals surface area contributed by atoms with Crippen molar-refractivity contribution in [3.05, 3.63) is 28.9 Å². The van der Waals surface area contributed by atoms with Crippen molar-refractivity contribution in [3.8, 4) is 0 Å². The van der Waals surface area contributed by atoms with Gasteiger partial charge in [-0.1, -0.05) is 18.5 Å². The number of hydrogen-bond donors (Lipinski definition) is 0. The van der Waals surface area contributed by atoms with Gasteiger partial charge in [0.25, 0.3) is 0 Å². The predicted octanol–water partition coefficient (Wildman–Crippen LogP) is 3.21. The van der Waals surface area contributed by atoms with Crippen LogP contribution in [0.5, 0.6) is 0 Å². The van der Waals surface area contributed by atoms with Gasteiger partial charge < -0.3 is 4.74 Å². The summed E-state index contributed by atoms with van der Waals surface area (Å²) in [7, 11) is 0. The van der Waals surface area contributed by atoms with Crippen molar-refractivity contribution in [2.75, 3.05) is 13.2 Å². The fourth-order valence-corrected chi connectivity index (χ4v) is 2.60. The third-order valence-electron chi connectivity index (χ3n) is 3.33. The van der Waals surface area contributed by atoms with E-state index in [0.717, 1.165) is 36.8 Å². The normalized spacial score (nSPS) is 20.2. The molecule has 1 atom stereocenters. The molecule has 3 nitrogen and oxygen atoms in total. The van der Waals surface area contributed by atoms with Crippen LogP contribution in [-0.2, 0) is 11.2 Å². The number of aromatic nitrogens is 2. The van der Waals surface area contributed by atoms with Gasteiger partial charge in [-0.3, -0.25) is 4.68 Å². The second kappa shape index (κ2) is 4.31. The molecule has 17 heavy (non-hydrogen) atoms. The average Bonchev–Trinajstić information content (AvgIpc) is 2.94. The zero-order valence-electron chi connectivity index (χ0n) is 9.82. The van der Waals surface area contributed by atoms with Crippen LogP contribution in [-0.4, -0.2) is 23.0 Å². The number of rotatable bonds is 2. The van der Waals surface area contributed by atoms with Gasteiger partial charge in [-0.05, 0) is 31.0 Å². The van der Waals surface area contributed by atoms with Gasteiger partial charge in [-0.25, -0.2) is 0 Å². The fourth-order valence-electron chi connectivity index (χ4n) is 2.43. The van der Waals surface area contributed by atoms with Gasteiger partial charge in [0.2, 0.25) is 0 Å². The van der Waals surface area contributed by atoms with Crippen LogP contribution in [0.25, 0.3) is 10.9 Å². The van der Waals surface area contributed by atoms with Crippen LogP contribution in [0, 0.1) is 0 Å². The van der Waals surface area contributed by atoms with Crippen molar-refractivity contribution >= 4 is 22.5 Å². The highest BCUT2D eigenvalue weighted by Gasteiger charge is 2.21. The summed E-state index contributed by atoms with van der Waals surface area (Å²) in [5, 5.41) is 6.65. The molecule has 1 aliphatic rings. The van der Waals surface area contributed by atoms with E-state index in [2.05, 4.69) is 17.7 Å². The number of ether oxygens (including phenoxy) is 1. The smallest absolute Gasteiger partial charge is 0.0781 e. The molecule has 2 heterocycles. The Bertz CT molecular complexity index is 544. The third-order valence-corrected chi connectivity index (χ3v) is 3.57. The molecular formula is C13H15ClN2O. The molecule has 1 saturated heterocycles. The lowest BCUT2D eigenvalue weighted by Crippen LogP contribution is -2.10. The van der Waals surface area contributed by atoms with Gasteiger partial charge in [0.1, 0.15) is 0 Å². The summed E-state index contributed by atoms with van der Waals surface area (Å²) in [5.74, 6) is 0. The van der Waals surface area contributed by atoms with Crippen LogP contribution in [0.3, 0.4) is 0 Å². The van der Waals surface area contributed by atoms with E-state index in [0.29, 0.717) is 6.04 Å². The van der Waals surface area contributed by atoms with Gasteiger partial charge in [0.15, 0.2) is 0 Å². The van der Waals surface area contributed by atoms with E-state index < -0.39 is 0 Å². The summed E-state index contributed by atoms with van der Waals surface area (Å²) < 4.78 is 7.55. The number of halogens is 1. The van der Waals surface area contributed by atoms with E-state index in [1.165, 1.54) is 10.9 Å². The van der Waals surface area contributed by atoms with Crippen molar-refractivity contribution in [2.45, 2.75) is 25.8 Å². The highest BCUT2D eigenvalue weighted by atomic mass is 35.5. The van der Waals surface area contributed by atoms with Crippen LogP contribution in [0.1, 0.15) is 25.1 Å². The monoisotopic (exact) mass is 250 g/mol. The summed E-state index contributed by atoms with van der Waals surface area (Å²) in [6.07, 6.45) is 1.97. The van der Waals surface area contributed by atoms with Crippen LogP contribution < -0.4 is 0 Å². The summed E-state index contributed by atoms with van der Waals surface area (Å²) in [6, 6.07) is 6.37. The quantitative estimate of drug-likeness (QED) is 0.818. The Balaban J connectivity index is 2.17. The van der Waals surface area contributed by atoms with E-state index in [9.17, 15) is 0 Å². The fraction of sp³-hybridized carbons (Fsp3) is 0.462. The number of fused-ring (bicyclic) bond motifs is 1. The molecule has 4 heteroatoms. The zero-order valence-corrected chi connectivity index (χ0v) is 10.6. The minimum atomic E-state index is 0.374. The highest BCUT2D eigenvalue weighted by molar-refractivity contribution is 6.31. The van der Waals surface area contributed by atoms with Crippen molar-refractivity contribution in [1.29, 1.82) is 0 Å². The average molecular weight is 251 g/mol. The Labute approximate surface area is 105 Å². The summed E-state index contributed by atoms with van der Waals surface area (Å²) >= 11 is 6.05. The van der Waals surface area contributed by atoms with Gasteiger partial charge in [-0.2, -0.15) is 5.10 Å². The lowest BCUT2D eigenvalue weighted by molar-refractivity contribution is 0.185. The molecule has 0 saturated carbocycles. The van der Waals surface area contributed by atoms with Crippen molar-refractivity contribution in [2.24, 2.45) is 0 Å². The largest absolute Gasteiger partial charge is 0.379 e. The van der Waals surface area contributed by atoms with Crippen LogP contribution in [0.2, 0.25) is 5.02 Å². The molecule has 1 aromatic heterocycles. The molecule has 0 bridgehead atoms. The van der Waals surface area contributed by atoms with Crippen LogP contribution >= 0.6 is 11.6 Å². The van der Waals surface area contributed by atoms with E-state index in [-0.39, 0.29) is 0 Å². The predicted molar refractivity (Wildman–Crippen MR) is 68.6 cm³/mol. The van der Waals surface area contributed by atoms with Crippen molar-refractivity contribution in [1.82, 2.24) is 9.78 Å². The standard InChI is InChI=1S/C13H15ClN2O/c1-2-12-11-7-9(14)3-4-13(11)16(15-12)10-5-6-17-8-10/h3-4,7,10H,2,5-6,8H2,1H3. The number of hydrogen-bond acceptors (Lipinski definition) is 2. The maximum atomic E-state index is 6.05. The summed E-state index contributed by atoms with van der Waals surface area (Å²) in [5.41, 5.74) is 2.29. The van der Waals surface area contributed by atoms with E-state index in [4.69, 9.17) is 21.4 Å². The summed E-state index contributed by atoms with van der Waals surface area (Å²) in [4.78, 5) is 0. The Morgan fingerprint density at radius 2 is 2.41 bits per heavy atom. The third kappa shape index (κ3) is 1.83. The molecule has 1 unspecified atom stereocenters. The van der Waals surface area contributed by atoms with Gasteiger partial charge in [0, 0.05) is 17.0 Å². The van der Waals surface area contributed by atoms with E-state index in [1.807, 2.05) is 12.1 Å². The van der Waals surface area contributed by atoms with Gasteiger partial charge in [0.05, 0.1) is 23.9 Å². The molecule has 2 aromatic rings. The molecule has 0 amide bonds. The second-order valence-corrected chi connectivity index (χ2v) is 4.86. The number of nitrogens with zero attached hydrogens (tertiary/aromatic N) is 2. The number of benzene rings is 1. The minimum absolute atomic E-state index is 0.374. The van der Waals surface area contributed by atoms with Gasteiger partial charge in [-0.15, -0.1) is 0 Å². The molecule has 1 aliphatic heterocycles. The molecule has 90 valence electrons. The first-order chi connectivity index (χ1) is 8.29. The molecule has 3 rings (SSSR count). The van der Waals surface area contributed by atoms with Gasteiger partial charge >= 0.3 is 0 Å². The minimum Gasteiger partial charge on any atom is -0.379 e. The Morgan fingerprint density at radius 1 is 1.53 bits per heavy atom. The SMILES string of the molecule is CCc1nn(C2CCOC2)c2ccc(Cl)cc12. The first-order valence-electron chi connectivity index (χ1n) is 6.04. The molecule has 0 spiro atoms. The molecule has 1 aromatic carbocycles. The second-order valence-electron chi connectivity index (χ2n) is 4.42. The lowest BCUT2D eigenvalue weighted by Gasteiger charge is -2.09. The molecule has 0 aliphatic carbocycles. The Morgan fingerprint density at radius 3 is 3.12 bits per heavy atom. The van der Waals surface area contributed by atoms with E-state index >= 15 is 0 Å². The molecule has 0 radical (unpaired) electrons. The highest BCUT2D eigenvalue weighted by Crippen LogP contribution is 2.28. The lowest BCUT2D eigenvalue weighted by atomic mass is 10.2. The first-order valence-corrected chi connectivity index (χ1v) is 6.41. The van der Waals surface area contributed by atoms with Crippen molar-refractivity contribution < 1.29 is 4.74 Å². The van der Waals surface area contributed by atoms with Crippen LogP contribution in [0.15, 0.2) is 18.2 Å². The zero-order chi connectivity index (χ0) is 11.8. The molecular weight excluding hydrogens is 236 g/mol. The summed E-state index contributed by atoms with van der Waals surface area (Å²) in [6.45, 7) is 3.72. The Kier molecular flexibility index (Phi) is 2.81. The molecule has 1 fully saturated rings.